The average Bonchev–Trinajstić information content (AvgIpc) is 2.55. The lowest BCUT2D eigenvalue weighted by atomic mass is 10.0. The highest BCUT2D eigenvalue weighted by atomic mass is 15.2. The Labute approximate surface area is 83.5 Å². The summed E-state index contributed by atoms with van der Waals surface area (Å²) in [6.45, 7) is 4.82. The smallest absolute Gasteiger partial charge is 0.0667 e. The molecule has 14 heavy (non-hydrogen) atoms. The van der Waals surface area contributed by atoms with Crippen molar-refractivity contribution in [1.82, 2.24) is 9.61 Å². The third-order valence-corrected chi connectivity index (χ3v) is 2.53. The molecule has 2 N–H and O–H groups in total. The Morgan fingerprint density at radius 3 is 3.00 bits per heavy atom. The Morgan fingerprint density at radius 1 is 1.50 bits per heavy atom. The van der Waals surface area contributed by atoms with E-state index in [-0.39, 0.29) is 0 Å². The Bertz CT molecular complexity index is 445. The third kappa shape index (κ3) is 1.51. The van der Waals surface area contributed by atoms with E-state index in [1.807, 2.05) is 17.6 Å². The van der Waals surface area contributed by atoms with Crippen LogP contribution in [0.25, 0.3) is 5.52 Å². The molecule has 3 nitrogen and oxygen atoms in total. The zero-order chi connectivity index (χ0) is 10.1. The van der Waals surface area contributed by atoms with Gasteiger partial charge in [-0.25, -0.2) is 4.52 Å². The minimum absolute atomic E-state index is 0.412. The predicted octanol–water partition coefficient (Wildman–Crippen LogP) is 1.70. The number of fused-ring (bicyclic) bond motifs is 1. The van der Waals surface area contributed by atoms with Crippen molar-refractivity contribution in [3.63, 3.8) is 0 Å². The van der Waals surface area contributed by atoms with Crippen molar-refractivity contribution in [2.24, 2.45) is 5.73 Å². The summed E-state index contributed by atoms with van der Waals surface area (Å²) in [5.41, 5.74) is 9.09. The summed E-state index contributed by atoms with van der Waals surface area (Å²) in [7, 11) is 0. The second-order valence-corrected chi connectivity index (χ2v) is 3.75. The van der Waals surface area contributed by atoms with Gasteiger partial charge in [0, 0.05) is 6.20 Å². The van der Waals surface area contributed by atoms with Gasteiger partial charge in [0.1, 0.15) is 0 Å². The van der Waals surface area contributed by atoms with E-state index in [0.29, 0.717) is 12.5 Å². The molecule has 0 radical (unpaired) electrons. The summed E-state index contributed by atoms with van der Waals surface area (Å²) in [5, 5.41) is 4.32. The molecule has 0 aliphatic rings. The first-order valence-corrected chi connectivity index (χ1v) is 4.86. The monoisotopic (exact) mass is 189 g/mol. The predicted molar refractivity (Wildman–Crippen MR) is 57.4 cm³/mol. The summed E-state index contributed by atoms with van der Waals surface area (Å²) >= 11 is 0. The molecule has 0 fully saturated rings. The number of pyridine rings is 1. The van der Waals surface area contributed by atoms with Crippen LogP contribution in [-0.2, 0) is 0 Å². The standard InChI is InChI=1S/C11H15N3/c1-8(7-12)10-3-4-14-11(6-10)5-9(2)13-14/h3-6,8H,7,12H2,1-2H3. The maximum Gasteiger partial charge on any atom is 0.0667 e. The van der Waals surface area contributed by atoms with Crippen LogP contribution in [0.1, 0.15) is 24.1 Å². The number of aromatic nitrogens is 2. The van der Waals surface area contributed by atoms with Crippen LogP contribution in [0.2, 0.25) is 0 Å². The van der Waals surface area contributed by atoms with Gasteiger partial charge in [-0.15, -0.1) is 0 Å². The molecule has 1 unspecified atom stereocenters. The van der Waals surface area contributed by atoms with E-state index in [4.69, 9.17) is 5.73 Å². The molecule has 0 amide bonds. The number of aryl methyl sites for hydroxylation is 1. The molecule has 1 atom stereocenters. The number of hydrogen-bond donors (Lipinski definition) is 1. The van der Waals surface area contributed by atoms with Crippen molar-refractivity contribution in [2.45, 2.75) is 19.8 Å². The second kappa shape index (κ2) is 3.42. The maximum atomic E-state index is 5.63. The molecule has 0 saturated heterocycles. The highest BCUT2D eigenvalue weighted by molar-refractivity contribution is 5.50. The molecule has 2 aromatic rings. The van der Waals surface area contributed by atoms with Crippen LogP contribution in [0.4, 0.5) is 0 Å². The first kappa shape index (κ1) is 9.21. The van der Waals surface area contributed by atoms with E-state index in [1.54, 1.807) is 0 Å². The molecule has 0 aromatic carbocycles. The lowest BCUT2D eigenvalue weighted by Gasteiger charge is -2.08. The summed E-state index contributed by atoms with van der Waals surface area (Å²) < 4.78 is 1.89. The van der Waals surface area contributed by atoms with Gasteiger partial charge in [-0.2, -0.15) is 5.10 Å². The minimum atomic E-state index is 0.412. The quantitative estimate of drug-likeness (QED) is 0.781. The number of nitrogens with zero attached hydrogens (tertiary/aromatic N) is 2. The minimum Gasteiger partial charge on any atom is -0.330 e. The molecule has 2 aromatic heterocycles. The molecular weight excluding hydrogens is 174 g/mol. The van der Waals surface area contributed by atoms with E-state index in [9.17, 15) is 0 Å². The number of hydrogen-bond acceptors (Lipinski definition) is 2. The van der Waals surface area contributed by atoms with Crippen LogP contribution in [0.3, 0.4) is 0 Å². The van der Waals surface area contributed by atoms with Crippen molar-refractivity contribution >= 4 is 5.52 Å². The Morgan fingerprint density at radius 2 is 2.29 bits per heavy atom. The van der Waals surface area contributed by atoms with Crippen LogP contribution in [0.15, 0.2) is 24.4 Å². The molecule has 3 heteroatoms. The molecule has 2 rings (SSSR count). The van der Waals surface area contributed by atoms with Gasteiger partial charge in [0.15, 0.2) is 0 Å². The number of nitrogens with two attached hydrogens (primary N) is 1. The molecule has 0 bridgehead atoms. The highest BCUT2D eigenvalue weighted by Gasteiger charge is 2.04. The van der Waals surface area contributed by atoms with Gasteiger partial charge in [0.2, 0.25) is 0 Å². The Hall–Kier alpha value is -1.35. The van der Waals surface area contributed by atoms with Crippen LogP contribution >= 0.6 is 0 Å². The fourth-order valence-electron chi connectivity index (χ4n) is 1.58. The first-order valence-electron chi connectivity index (χ1n) is 4.86. The molecule has 2 heterocycles. The van der Waals surface area contributed by atoms with Gasteiger partial charge in [-0.1, -0.05) is 6.92 Å². The molecular formula is C11H15N3. The zero-order valence-electron chi connectivity index (χ0n) is 8.57. The van der Waals surface area contributed by atoms with Crippen LogP contribution in [0, 0.1) is 6.92 Å². The van der Waals surface area contributed by atoms with Gasteiger partial charge in [-0.05, 0) is 43.1 Å². The van der Waals surface area contributed by atoms with Gasteiger partial charge < -0.3 is 5.73 Å². The van der Waals surface area contributed by atoms with Crippen LogP contribution in [-0.4, -0.2) is 16.2 Å². The van der Waals surface area contributed by atoms with E-state index in [2.05, 4.69) is 30.2 Å². The van der Waals surface area contributed by atoms with Crippen LogP contribution in [0.5, 0.6) is 0 Å². The van der Waals surface area contributed by atoms with Gasteiger partial charge in [-0.3, -0.25) is 0 Å². The summed E-state index contributed by atoms with van der Waals surface area (Å²) in [5.74, 6) is 0.412. The Kier molecular flexibility index (Phi) is 2.25. The lowest BCUT2D eigenvalue weighted by Crippen LogP contribution is -2.09. The summed E-state index contributed by atoms with van der Waals surface area (Å²) in [6, 6.07) is 6.31. The fourth-order valence-corrected chi connectivity index (χ4v) is 1.58. The van der Waals surface area contributed by atoms with Crippen molar-refractivity contribution in [3.05, 3.63) is 35.7 Å². The van der Waals surface area contributed by atoms with Crippen LogP contribution < -0.4 is 5.73 Å². The molecule has 0 saturated carbocycles. The molecule has 0 spiro atoms. The van der Waals surface area contributed by atoms with E-state index >= 15 is 0 Å². The van der Waals surface area contributed by atoms with Gasteiger partial charge in [0.25, 0.3) is 0 Å². The maximum absolute atomic E-state index is 5.63. The summed E-state index contributed by atoms with van der Waals surface area (Å²) in [4.78, 5) is 0. The molecule has 74 valence electrons. The zero-order valence-corrected chi connectivity index (χ0v) is 8.57. The number of rotatable bonds is 2. The van der Waals surface area contributed by atoms with Crippen molar-refractivity contribution < 1.29 is 0 Å². The van der Waals surface area contributed by atoms with Crippen molar-refractivity contribution in [1.29, 1.82) is 0 Å². The van der Waals surface area contributed by atoms with E-state index in [1.165, 1.54) is 5.56 Å². The Balaban J connectivity index is 2.50. The lowest BCUT2D eigenvalue weighted by molar-refractivity contribution is 0.770. The van der Waals surface area contributed by atoms with E-state index < -0.39 is 0 Å². The normalized spacial score (nSPS) is 13.4. The fraction of sp³-hybridized carbons (Fsp3) is 0.364. The molecule has 0 aliphatic carbocycles. The van der Waals surface area contributed by atoms with Gasteiger partial charge >= 0.3 is 0 Å². The topological polar surface area (TPSA) is 43.3 Å². The second-order valence-electron chi connectivity index (χ2n) is 3.75. The highest BCUT2D eigenvalue weighted by Crippen LogP contribution is 2.16. The SMILES string of the molecule is Cc1cc2cc(C(C)CN)ccn2n1. The van der Waals surface area contributed by atoms with Crippen molar-refractivity contribution in [2.75, 3.05) is 6.54 Å². The molecule has 0 aliphatic heterocycles. The average molecular weight is 189 g/mol. The first-order chi connectivity index (χ1) is 6.70. The largest absolute Gasteiger partial charge is 0.330 e. The summed E-state index contributed by atoms with van der Waals surface area (Å²) in [6.07, 6.45) is 1.99. The van der Waals surface area contributed by atoms with Crippen molar-refractivity contribution in [3.8, 4) is 0 Å². The third-order valence-electron chi connectivity index (χ3n) is 2.53. The van der Waals surface area contributed by atoms with E-state index in [0.717, 1.165) is 11.2 Å². The van der Waals surface area contributed by atoms with Gasteiger partial charge in [0.05, 0.1) is 11.2 Å².